The first kappa shape index (κ1) is 14.1. The number of carbonyl (C=O) groups is 1. The Hall–Kier alpha value is -1.29. The molecular weight excluding hydrogens is 283 g/mol. The van der Waals surface area contributed by atoms with Gasteiger partial charge in [-0.3, -0.25) is 4.57 Å². The van der Waals surface area contributed by atoms with E-state index in [-0.39, 0.29) is 5.56 Å². The van der Waals surface area contributed by atoms with E-state index in [0.717, 1.165) is 16.8 Å². The highest BCUT2D eigenvalue weighted by Crippen LogP contribution is 2.56. The summed E-state index contributed by atoms with van der Waals surface area (Å²) in [5.74, 6) is -1.00. The standard InChI is InChI=1S/C13H13O4PS/c1-17-18(16,19-2)10-7-6-9-4-3-5-11(13(14)15)12(9)8-10/h3-8H,1-2H3,(H,14,15). The fourth-order valence-electron chi connectivity index (χ4n) is 1.90. The summed E-state index contributed by atoms with van der Waals surface area (Å²) >= 11 is 1.13. The van der Waals surface area contributed by atoms with E-state index in [1.807, 2.05) is 6.07 Å². The van der Waals surface area contributed by atoms with Crippen LogP contribution in [0.1, 0.15) is 10.4 Å². The van der Waals surface area contributed by atoms with Crippen LogP contribution in [0.5, 0.6) is 0 Å². The van der Waals surface area contributed by atoms with Crippen LogP contribution in [-0.4, -0.2) is 24.4 Å². The molecule has 0 aromatic heterocycles. The van der Waals surface area contributed by atoms with Crippen molar-refractivity contribution in [1.29, 1.82) is 0 Å². The summed E-state index contributed by atoms with van der Waals surface area (Å²) in [4.78, 5) is 11.2. The van der Waals surface area contributed by atoms with Crippen LogP contribution in [0.4, 0.5) is 0 Å². The van der Waals surface area contributed by atoms with Gasteiger partial charge in [0.2, 0.25) is 0 Å². The van der Waals surface area contributed by atoms with Crippen molar-refractivity contribution in [2.24, 2.45) is 0 Å². The number of hydrogen-bond donors (Lipinski definition) is 1. The lowest BCUT2D eigenvalue weighted by Gasteiger charge is -2.14. The predicted molar refractivity (Wildman–Crippen MR) is 78.7 cm³/mol. The Balaban J connectivity index is 2.72. The maximum atomic E-state index is 12.5. The second-order valence-electron chi connectivity index (χ2n) is 3.88. The molecule has 0 saturated carbocycles. The van der Waals surface area contributed by atoms with E-state index >= 15 is 0 Å². The molecule has 0 heterocycles. The smallest absolute Gasteiger partial charge is 0.336 e. The maximum absolute atomic E-state index is 12.5. The van der Waals surface area contributed by atoms with E-state index in [1.54, 1.807) is 30.5 Å². The summed E-state index contributed by atoms with van der Waals surface area (Å²) in [6.45, 7) is -2.96. The van der Waals surface area contributed by atoms with Gasteiger partial charge in [-0.25, -0.2) is 4.79 Å². The highest BCUT2D eigenvalue weighted by atomic mass is 32.7. The summed E-state index contributed by atoms with van der Waals surface area (Å²) < 4.78 is 17.6. The number of rotatable bonds is 4. The zero-order valence-electron chi connectivity index (χ0n) is 10.5. The highest BCUT2D eigenvalue weighted by Gasteiger charge is 2.24. The van der Waals surface area contributed by atoms with Gasteiger partial charge in [0, 0.05) is 12.4 Å². The quantitative estimate of drug-likeness (QED) is 0.876. The maximum Gasteiger partial charge on any atom is 0.336 e. The van der Waals surface area contributed by atoms with Crippen molar-refractivity contribution in [2.75, 3.05) is 13.4 Å². The molecule has 0 spiro atoms. The average molecular weight is 296 g/mol. The molecule has 6 heteroatoms. The molecule has 0 saturated heterocycles. The van der Waals surface area contributed by atoms with Crippen molar-refractivity contribution >= 4 is 40.0 Å². The third-order valence-corrected chi connectivity index (χ3v) is 7.29. The van der Waals surface area contributed by atoms with Crippen LogP contribution in [0.2, 0.25) is 0 Å². The predicted octanol–water partition coefficient (Wildman–Crippen LogP) is 3.37. The van der Waals surface area contributed by atoms with Crippen LogP contribution in [0.15, 0.2) is 36.4 Å². The third-order valence-electron chi connectivity index (χ3n) is 2.89. The molecular formula is C13H13O4PS. The largest absolute Gasteiger partial charge is 0.478 e. The monoisotopic (exact) mass is 296 g/mol. The summed E-state index contributed by atoms with van der Waals surface area (Å²) in [5, 5.41) is 11.1. The lowest BCUT2D eigenvalue weighted by molar-refractivity contribution is 0.0699. The van der Waals surface area contributed by atoms with E-state index in [2.05, 4.69) is 0 Å². The molecule has 1 N–H and O–H groups in total. The molecule has 0 amide bonds. The van der Waals surface area contributed by atoms with Gasteiger partial charge in [0.1, 0.15) is 0 Å². The van der Waals surface area contributed by atoms with Crippen LogP contribution in [0.25, 0.3) is 10.8 Å². The van der Waals surface area contributed by atoms with Crippen LogP contribution >= 0.6 is 18.0 Å². The number of carboxylic acids is 1. The fourth-order valence-corrected chi connectivity index (χ4v) is 4.44. The van der Waals surface area contributed by atoms with Gasteiger partial charge in [-0.1, -0.05) is 29.6 Å². The number of hydrogen-bond acceptors (Lipinski definition) is 4. The molecule has 0 aliphatic carbocycles. The molecule has 2 aromatic rings. The Morgan fingerprint density at radius 3 is 2.63 bits per heavy atom. The second kappa shape index (κ2) is 5.37. The van der Waals surface area contributed by atoms with Crippen LogP contribution < -0.4 is 5.30 Å². The van der Waals surface area contributed by atoms with Crippen LogP contribution in [0, 0.1) is 0 Å². The lowest BCUT2D eigenvalue weighted by Crippen LogP contribution is -2.05. The normalized spacial score (nSPS) is 14.2. The van der Waals surface area contributed by atoms with Gasteiger partial charge < -0.3 is 9.63 Å². The Morgan fingerprint density at radius 2 is 2.05 bits per heavy atom. The number of carboxylic acid groups (broad SMARTS) is 1. The van der Waals surface area contributed by atoms with Crippen molar-refractivity contribution in [2.45, 2.75) is 0 Å². The van der Waals surface area contributed by atoms with Crippen molar-refractivity contribution in [3.63, 3.8) is 0 Å². The van der Waals surface area contributed by atoms with E-state index in [0.29, 0.717) is 10.7 Å². The first-order valence-electron chi connectivity index (χ1n) is 5.50. The van der Waals surface area contributed by atoms with Crippen molar-refractivity contribution in [1.82, 2.24) is 0 Å². The van der Waals surface area contributed by atoms with Gasteiger partial charge in [0.25, 0.3) is 6.57 Å². The van der Waals surface area contributed by atoms with E-state index < -0.39 is 12.5 Å². The molecule has 1 unspecified atom stereocenters. The van der Waals surface area contributed by atoms with Gasteiger partial charge in [0.05, 0.1) is 5.56 Å². The summed E-state index contributed by atoms with van der Waals surface area (Å²) in [6, 6.07) is 10.2. The topological polar surface area (TPSA) is 63.6 Å². The molecule has 2 aromatic carbocycles. The van der Waals surface area contributed by atoms with Gasteiger partial charge in [-0.15, -0.1) is 0 Å². The molecule has 0 aliphatic heterocycles. The van der Waals surface area contributed by atoms with Gasteiger partial charge in [-0.05, 0) is 35.2 Å². The van der Waals surface area contributed by atoms with Gasteiger partial charge >= 0.3 is 5.97 Å². The molecule has 0 fully saturated rings. The fraction of sp³-hybridized carbons (Fsp3) is 0.154. The minimum Gasteiger partial charge on any atom is -0.478 e. The van der Waals surface area contributed by atoms with E-state index in [9.17, 15) is 14.5 Å². The summed E-state index contributed by atoms with van der Waals surface area (Å²) in [5.41, 5.74) is 0.197. The first-order valence-corrected chi connectivity index (χ1v) is 8.95. The van der Waals surface area contributed by atoms with Gasteiger partial charge in [-0.2, -0.15) is 0 Å². The Labute approximate surface area is 115 Å². The average Bonchev–Trinajstić information content (AvgIpc) is 2.45. The Kier molecular flexibility index (Phi) is 3.99. The van der Waals surface area contributed by atoms with Crippen LogP contribution in [-0.2, 0) is 9.09 Å². The van der Waals surface area contributed by atoms with Crippen molar-refractivity contribution < 1.29 is 19.0 Å². The summed E-state index contributed by atoms with van der Waals surface area (Å²) in [7, 11) is 1.39. The minimum atomic E-state index is -2.96. The zero-order valence-corrected chi connectivity index (χ0v) is 12.2. The summed E-state index contributed by atoms with van der Waals surface area (Å²) in [6.07, 6.45) is 1.71. The molecule has 19 heavy (non-hydrogen) atoms. The first-order chi connectivity index (χ1) is 9.01. The number of aromatic carboxylic acids is 1. The third kappa shape index (κ3) is 2.54. The molecule has 1 atom stereocenters. The second-order valence-corrected chi connectivity index (χ2v) is 8.66. The molecule has 0 radical (unpaired) electrons. The lowest BCUT2D eigenvalue weighted by atomic mass is 10.1. The van der Waals surface area contributed by atoms with E-state index in [4.69, 9.17) is 4.52 Å². The minimum absolute atomic E-state index is 0.197. The Morgan fingerprint density at radius 1 is 1.32 bits per heavy atom. The molecule has 100 valence electrons. The van der Waals surface area contributed by atoms with Gasteiger partial charge in [0.15, 0.2) is 0 Å². The number of benzene rings is 2. The van der Waals surface area contributed by atoms with Crippen molar-refractivity contribution in [3.8, 4) is 0 Å². The van der Waals surface area contributed by atoms with E-state index in [1.165, 1.54) is 13.2 Å². The molecule has 0 bridgehead atoms. The van der Waals surface area contributed by atoms with Crippen LogP contribution in [0.3, 0.4) is 0 Å². The SMILES string of the molecule is COP(=O)(SC)c1ccc2cccc(C(=O)O)c2c1. The highest BCUT2D eigenvalue weighted by molar-refractivity contribution is 8.58. The Bertz CT molecular complexity index is 675. The zero-order chi connectivity index (χ0) is 14.0. The molecule has 0 aliphatic rings. The molecule has 2 rings (SSSR count). The van der Waals surface area contributed by atoms with Crippen molar-refractivity contribution in [3.05, 3.63) is 42.0 Å². The number of fused-ring (bicyclic) bond motifs is 1. The molecule has 4 nitrogen and oxygen atoms in total.